The van der Waals surface area contributed by atoms with Crippen LogP contribution in [0.15, 0.2) is 29.1 Å². The summed E-state index contributed by atoms with van der Waals surface area (Å²) in [6, 6.07) is 4.85. The third-order valence-electron chi connectivity index (χ3n) is 3.61. The molecule has 1 aliphatic rings. The number of nitrogens with two attached hydrogens (primary N) is 1. The molecule has 0 aliphatic carbocycles. The molecule has 1 aromatic carbocycles. The minimum atomic E-state index is -4.60. The van der Waals surface area contributed by atoms with Gasteiger partial charge >= 0.3 is 6.18 Å². The van der Waals surface area contributed by atoms with Crippen LogP contribution < -0.4 is 16.6 Å². The van der Waals surface area contributed by atoms with E-state index in [9.17, 15) is 22.8 Å². The van der Waals surface area contributed by atoms with E-state index in [1.807, 2.05) is 0 Å². The highest BCUT2D eigenvalue weighted by Crippen LogP contribution is 2.40. The molecule has 2 heterocycles. The summed E-state index contributed by atoms with van der Waals surface area (Å²) >= 11 is 0. The van der Waals surface area contributed by atoms with Gasteiger partial charge in [0.2, 0.25) is 11.9 Å². The van der Waals surface area contributed by atoms with Crippen molar-refractivity contribution in [3.05, 3.63) is 51.3 Å². The van der Waals surface area contributed by atoms with Gasteiger partial charge in [0.05, 0.1) is 11.1 Å². The van der Waals surface area contributed by atoms with Crippen LogP contribution in [0.5, 0.6) is 0 Å². The number of anilines is 2. The summed E-state index contributed by atoms with van der Waals surface area (Å²) in [5.41, 5.74) is 3.68. The van der Waals surface area contributed by atoms with Gasteiger partial charge in [0.1, 0.15) is 5.82 Å². The van der Waals surface area contributed by atoms with Gasteiger partial charge in [0.15, 0.2) is 0 Å². The lowest BCUT2D eigenvalue weighted by atomic mass is 9.84. The van der Waals surface area contributed by atoms with Crippen LogP contribution >= 0.6 is 0 Å². The van der Waals surface area contributed by atoms with Gasteiger partial charge < -0.3 is 11.1 Å². The summed E-state index contributed by atoms with van der Waals surface area (Å²) in [6.07, 6.45) is -4.88. The average molecular weight is 324 g/mol. The maximum absolute atomic E-state index is 13.2. The first-order valence-corrected chi connectivity index (χ1v) is 6.63. The fourth-order valence-corrected chi connectivity index (χ4v) is 2.71. The highest BCUT2D eigenvalue weighted by atomic mass is 19.4. The quantitative estimate of drug-likeness (QED) is 0.745. The predicted molar refractivity (Wildman–Crippen MR) is 75.8 cm³/mol. The summed E-state index contributed by atoms with van der Waals surface area (Å²) in [4.78, 5) is 30.0. The monoisotopic (exact) mass is 324 g/mol. The molecule has 1 aliphatic heterocycles. The Bertz CT molecular complexity index is 845. The predicted octanol–water partition coefficient (Wildman–Crippen LogP) is 1.84. The topological polar surface area (TPSA) is 101 Å². The number of nitrogen functional groups attached to an aromatic ring is 1. The molecule has 4 N–H and O–H groups in total. The molecule has 3 rings (SSSR count). The minimum absolute atomic E-state index is 0.0319. The standard InChI is InChI=1S/C14H11F3N4O2/c15-14(16,17)8-4-2-1-3-6(8)7-5-9(22)19-11-10(7)12(23)21-13(18)20-11/h1-4,7H,5H2,(H4,18,19,20,21,22,23)/t7-/m0/s1. The van der Waals surface area contributed by atoms with Crippen LogP contribution in [0, 0.1) is 0 Å². The molecule has 0 radical (unpaired) electrons. The number of nitrogens with one attached hydrogen (secondary N) is 2. The Labute approximate surface area is 127 Å². The molecule has 2 aromatic rings. The molecule has 120 valence electrons. The molecule has 6 nitrogen and oxygen atoms in total. The first kappa shape index (κ1) is 15.1. The number of H-pyrrole nitrogens is 1. The summed E-state index contributed by atoms with van der Waals surface area (Å²) in [5.74, 6) is -1.91. The van der Waals surface area contributed by atoms with E-state index in [2.05, 4.69) is 15.3 Å². The lowest BCUT2D eigenvalue weighted by molar-refractivity contribution is -0.138. The SMILES string of the molecule is Nc1nc2c(c(=O)[nH]1)[C@H](c1ccccc1C(F)(F)F)CC(=O)N2. The Hall–Kier alpha value is -2.84. The molecule has 0 spiro atoms. The number of carbonyl (C=O) groups is 1. The molecule has 9 heteroatoms. The zero-order chi connectivity index (χ0) is 16.8. The van der Waals surface area contributed by atoms with Gasteiger partial charge in [-0.05, 0) is 11.6 Å². The van der Waals surface area contributed by atoms with E-state index in [0.29, 0.717) is 0 Å². The number of carbonyl (C=O) groups excluding carboxylic acids is 1. The normalized spacial score (nSPS) is 17.5. The molecular formula is C14H11F3N4O2. The highest BCUT2D eigenvalue weighted by molar-refractivity contribution is 5.94. The van der Waals surface area contributed by atoms with Crippen LogP contribution in [0.1, 0.15) is 29.0 Å². The van der Waals surface area contributed by atoms with Crippen molar-refractivity contribution >= 4 is 17.7 Å². The van der Waals surface area contributed by atoms with Gasteiger partial charge in [-0.2, -0.15) is 18.2 Å². The first-order valence-electron chi connectivity index (χ1n) is 6.63. The first-order chi connectivity index (χ1) is 10.8. The lowest BCUT2D eigenvalue weighted by Gasteiger charge is -2.26. The van der Waals surface area contributed by atoms with Gasteiger partial charge in [-0.15, -0.1) is 0 Å². The second-order valence-electron chi connectivity index (χ2n) is 5.10. The molecular weight excluding hydrogens is 313 g/mol. The lowest BCUT2D eigenvalue weighted by Crippen LogP contribution is -2.32. The van der Waals surface area contributed by atoms with Crippen LogP contribution in [0.2, 0.25) is 0 Å². The molecule has 0 saturated carbocycles. The Morgan fingerprint density at radius 1 is 1.22 bits per heavy atom. The fourth-order valence-electron chi connectivity index (χ4n) is 2.71. The van der Waals surface area contributed by atoms with Gasteiger partial charge in [0.25, 0.3) is 5.56 Å². The van der Waals surface area contributed by atoms with E-state index in [0.717, 1.165) is 6.07 Å². The number of nitrogens with zero attached hydrogens (tertiary/aromatic N) is 1. The zero-order valence-corrected chi connectivity index (χ0v) is 11.6. The summed E-state index contributed by atoms with van der Waals surface area (Å²) in [5, 5.41) is 2.37. The average Bonchev–Trinajstić information content (AvgIpc) is 2.44. The van der Waals surface area contributed by atoms with Crippen LogP contribution in [0.4, 0.5) is 24.9 Å². The van der Waals surface area contributed by atoms with E-state index >= 15 is 0 Å². The number of hydrogen-bond donors (Lipinski definition) is 3. The molecule has 1 amide bonds. The van der Waals surface area contributed by atoms with Crippen LogP contribution in [-0.4, -0.2) is 15.9 Å². The molecule has 0 saturated heterocycles. The van der Waals surface area contributed by atoms with E-state index in [-0.39, 0.29) is 29.3 Å². The number of amides is 1. The van der Waals surface area contributed by atoms with E-state index in [1.165, 1.54) is 18.2 Å². The summed E-state index contributed by atoms with van der Waals surface area (Å²) in [7, 11) is 0. The Balaban J connectivity index is 2.24. The Morgan fingerprint density at radius 3 is 2.61 bits per heavy atom. The number of benzene rings is 1. The molecule has 0 unspecified atom stereocenters. The van der Waals surface area contributed by atoms with E-state index in [4.69, 9.17) is 5.73 Å². The van der Waals surface area contributed by atoms with Crippen LogP contribution in [0.25, 0.3) is 0 Å². The van der Waals surface area contributed by atoms with Crippen molar-refractivity contribution in [1.29, 1.82) is 0 Å². The largest absolute Gasteiger partial charge is 0.416 e. The second kappa shape index (κ2) is 5.11. The number of hydrogen-bond acceptors (Lipinski definition) is 4. The van der Waals surface area contributed by atoms with E-state index in [1.54, 1.807) is 0 Å². The van der Waals surface area contributed by atoms with Crippen LogP contribution in [-0.2, 0) is 11.0 Å². The van der Waals surface area contributed by atoms with Gasteiger partial charge in [-0.1, -0.05) is 18.2 Å². The van der Waals surface area contributed by atoms with Crippen molar-refractivity contribution in [2.24, 2.45) is 0 Å². The molecule has 1 atom stereocenters. The second-order valence-corrected chi connectivity index (χ2v) is 5.10. The van der Waals surface area contributed by atoms with Crippen molar-refractivity contribution in [3.8, 4) is 0 Å². The zero-order valence-electron chi connectivity index (χ0n) is 11.6. The molecule has 1 aromatic heterocycles. The number of aromatic amines is 1. The molecule has 0 fully saturated rings. The number of aromatic nitrogens is 2. The van der Waals surface area contributed by atoms with Gasteiger partial charge in [-0.3, -0.25) is 14.6 Å². The Kier molecular flexibility index (Phi) is 3.35. The molecule has 0 bridgehead atoms. The third kappa shape index (κ3) is 2.65. The fraction of sp³-hybridized carbons (Fsp3) is 0.214. The number of fused-ring (bicyclic) bond motifs is 1. The molecule has 23 heavy (non-hydrogen) atoms. The smallest absolute Gasteiger partial charge is 0.369 e. The van der Waals surface area contributed by atoms with Gasteiger partial charge in [0, 0.05) is 12.3 Å². The van der Waals surface area contributed by atoms with Crippen molar-refractivity contribution in [1.82, 2.24) is 9.97 Å². The van der Waals surface area contributed by atoms with E-state index < -0.39 is 29.1 Å². The van der Waals surface area contributed by atoms with Crippen molar-refractivity contribution in [2.45, 2.75) is 18.5 Å². The third-order valence-corrected chi connectivity index (χ3v) is 3.61. The maximum atomic E-state index is 13.2. The van der Waals surface area contributed by atoms with Crippen molar-refractivity contribution < 1.29 is 18.0 Å². The van der Waals surface area contributed by atoms with Crippen molar-refractivity contribution in [2.75, 3.05) is 11.1 Å². The van der Waals surface area contributed by atoms with Gasteiger partial charge in [-0.25, -0.2) is 0 Å². The van der Waals surface area contributed by atoms with Crippen LogP contribution in [0.3, 0.4) is 0 Å². The van der Waals surface area contributed by atoms with Crippen molar-refractivity contribution in [3.63, 3.8) is 0 Å². The minimum Gasteiger partial charge on any atom is -0.369 e. The number of halogens is 3. The maximum Gasteiger partial charge on any atom is 0.416 e. The number of rotatable bonds is 1. The summed E-state index contributed by atoms with van der Waals surface area (Å²) < 4.78 is 39.7. The highest BCUT2D eigenvalue weighted by Gasteiger charge is 2.38. The number of alkyl halides is 3. The Morgan fingerprint density at radius 2 is 1.91 bits per heavy atom. The summed E-state index contributed by atoms with van der Waals surface area (Å²) in [6.45, 7) is 0.